The second-order valence-electron chi connectivity index (χ2n) is 6.65. The number of quaternary nitrogens is 1. The van der Waals surface area contributed by atoms with Crippen molar-refractivity contribution in [2.75, 3.05) is 33.6 Å². The second-order valence-corrected chi connectivity index (χ2v) is 6.65. The Bertz CT molecular complexity index is 724. The zero-order chi connectivity index (χ0) is 19.2. The maximum absolute atomic E-state index is 12.5. The van der Waals surface area contributed by atoms with Crippen LogP contribution in [0.2, 0.25) is 0 Å². The van der Waals surface area contributed by atoms with Crippen molar-refractivity contribution >= 4 is 12.9 Å². The van der Waals surface area contributed by atoms with E-state index in [1.165, 1.54) is 20.4 Å². The van der Waals surface area contributed by atoms with Gasteiger partial charge in [0, 0.05) is 5.56 Å². The van der Waals surface area contributed by atoms with Gasteiger partial charge < -0.3 is 22.7 Å². The third-order valence-electron chi connectivity index (χ3n) is 3.73. The lowest BCUT2D eigenvalue weighted by Gasteiger charge is -2.34. The largest absolute Gasteiger partial charge is 0.531 e. The Hall–Kier alpha value is -2.56. The summed E-state index contributed by atoms with van der Waals surface area (Å²) in [6.45, 7) is -4.47. The first kappa shape index (κ1) is 19.8. The van der Waals surface area contributed by atoms with E-state index >= 15 is 0 Å². The third-order valence-corrected chi connectivity index (χ3v) is 3.73. The van der Waals surface area contributed by atoms with E-state index in [1.807, 2.05) is 0 Å². The van der Waals surface area contributed by atoms with Gasteiger partial charge in [-0.1, -0.05) is 24.3 Å². The average Bonchev–Trinajstić information content (AvgIpc) is 2.54. The number of nitrogens with zero attached hydrogens (tertiary/aromatic N) is 5. The lowest BCUT2D eigenvalue weighted by molar-refractivity contribution is -0.880. The Kier molecular flexibility index (Phi) is 6.25. The molecule has 2 aromatic rings. The van der Waals surface area contributed by atoms with Gasteiger partial charge in [-0.2, -0.15) is 0 Å². The zero-order valence-electron chi connectivity index (χ0n) is 14.6. The summed E-state index contributed by atoms with van der Waals surface area (Å²) >= 11 is 0. The topological polar surface area (TPSA) is 80.7 Å². The molecule has 1 amide bonds. The summed E-state index contributed by atoms with van der Waals surface area (Å²) in [7, 11) is 2.99. The van der Waals surface area contributed by atoms with Crippen molar-refractivity contribution in [1.29, 1.82) is 0 Å². The Morgan fingerprint density at radius 3 is 2.31 bits per heavy atom. The van der Waals surface area contributed by atoms with E-state index in [0.717, 1.165) is 11.1 Å². The van der Waals surface area contributed by atoms with Crippen molar-refractivity contribution in [3.63, 3.8) is 0 Å². The van der Waals surface area contributed by atoms with Crippen LogP contribution in [0.25, 0.3) is 11.4 Å². The highest BCUT2D eigenvalue weighted by molar-refractivity contribution is 6.58. The summed E-state index contributed by atoms with van der Waals surface area (Å²) in [5.41, 5.74) is 1.50. The predicted molar refractivity (Wildman–Crippen MR) is 90.7 cm³/mol. The molecule has 0 spiro atoms. The summed E-state index contributed by atoms with van der Waals surface area (Å²) in [5, 5.41) is 17.6. The van der Waals surface area contributed by atoms with Gasteiger partial charge in [-0.05, 0) is 5.56 Å². The Morgan fingerprint density at radius 2 is 1.73 bits per heavy atom. The van der Waals surface area contributed by atoms with E-state index in [4.69, 9.17) is 0 Å². The Labute approximate surface area is 149 Å². The normalized spacial score (nSPS) is 12.0. The quantitative estimate of drug-likeness (QED) is 0.557. The molecule has 0 unspecified atom stereocenters. The highest BCUT2D eigenvalue weighted by atomic mass is 19.4. The van der Waals surface area contributed by atoms with Crippen LogP contribution in [-0.2, 0) is 11.2 Å². The minimum atomic E-state index is -4.86. The summed E-state index contributed by atoms with van der Waals surface area (Å²) in [4.78, 5) is 12.0. The van der Waals surface area contributed by atoms with E-state index in [1.54, 1.807) is 24.3 Å². The molecule has 0 aliphatic carbocycles. The van der Waals surface area contributed by atoms with Crippen LogP contribution in [0.1, 0.15) is 5.56 Å². The molecule has 0 saturated heterocycles. The second kappa shape index (κ2) is 8.22. The minimum absolute atomic E-state index is 0.142. The number of rotatable bonds is 8. The molecule has 0 aliphatic rings. The molecule has 7 nitrogen and oxygen atoms in total. The van der Waals surface area contributed by atoms with Gasteiger partial charge in [0.1, 0.15) is 0 Å². The number of nitrogens with one attached hydrogen (secondary N) is 1. The minimum Gasteiger partial charge on any atom is -0.445 e. The smallest absolute Gasteiger partial charge is 0.445 e. The molecule has 0 radical (unpaired) electrons. The summed E-state index contributed by atoms with van der Waals surface area (Å²) in [6.07, 6.45) is 0.504. The molecule has 1 aromatic carbocycles. The van der Waals surface area contributed by atoms with E-state index < -0.39 is 13.4 Å². The number of likely N-dealkylation sites (N-methyl/N-ethyl adjacent to an activating group) is 1. The maximum atomic E-state index is 12.5. The van der Waals surface area contributed by atoms with Gasteiger partial charge in [0.15, 0.2) is 6.33 Å². The highest BCUT2D eigenvalue weighted by Crippen LogP contribution is 2.14. The maximum Gasteiger partial charge on any atom is 0.531 e. The van der Waals surface area contributed by atoms with Crippen molar-refractivity contribution in [2.24, 2.45) is 0 Å². The third kappa shape index (κ3) is 6.75. The lowest BCUT2D eigenvalue weighted by atomic mass is 9.90. The van der Waals surface area contributed by atoms with Gasteiger partial charge in [-0.15, -0.1) is 20.4 Å². The van der Waals surface area contributed by atoms with Gasteiger partial charge >= 0.3 is 6.98 Å². The number of benzene rings is 1. The molecular weight excluding hydrogens is 348 g/mol. The van der Waals surface area contributed by atoms with Crippen molar-refractivity contribution < 1.29 is 22.2 Å². The van der Waals surface area contributed by atoms with Crippen LogP contribution in [0.15, 0.2) is 30.6 Å². The molecule has 0 saturated carbocycles. The van der Waals surface area contributed by atoms with Gasteiger partial charge in [0.25, 0.3) is 0 Å². The van der Waals surface area contributed by atoms with E-state index in [9.17, 15) is 17.7 Å². The average molecular weight is 368 g/mol. The molecule has 1 N–H and O–H groups in total. The molecule has 2 rings (SSSR count). The number of hydrogen-bond acceptors (Lipinski definition) is 5. The highest BCUT2D eigenvalue weighted by Gasteiger charge is 2.33. The predicted octanol–water partition coefficient (Wildman–Crippen LogP) is 1.06. The van der Waals surface area contributed by atoms with Gasteiger partial charge in [-0.25, -0.2) is 0 Å². The van der Waals surface area contributed by atoms with Gasteiger partial charge in [0.2, 0.25) is 11.7 Å². The lowest BCUT2D eigenvalue weighted by Crippen LogP contribution is -2.52. The fraction of sp³-hybridized carbons (Fsp3) is 0.400. The molecule has 1 heterocycles. The first-order valence-corrected chi connectivity index (χ1v) is 8.04. The SMILES string of the molecule is C[N+](C)(CCNC(=O)Cc1ccc(-c2nncnn2)cc1)C[B-](F)(F)F. The van der Waals surface area contributed by atoms with Gasteiger partial charge in [0.05, 0.1) is 40.0 Å². The fourth-order valence-electron chi connectivity index (χ4n) is 2.49. The van der Waals surface area contributed by atoms with Crippen LogP contribution in [0.5, 0.6) is 0 Å². The number of carbonyl (C=O) groups excluding carboxylic acids is 1. The molecule has 0 fully saturated rings. The van der Waals surface area contributed by atoms with Crippen LogP contribution in [0.4, 0.5) is 12.9 Å². The molecule has 0 atom stereocenters. The summed E-state index contributed by atoms with van der Waals surface area (Å²) in [5.74, 6) is 0.143. The fourth-order valence-corrected chi connectivity index (χ4v) is 2.49. The van der Waals surface area contributed by atoms with Crippen molar-refractivity contribution in [3.8, 4) is 11.4 Å². The Morgan fingerprint density at radius 1 is 1.12 bits per heavy atom. The zero-order valence-corrected chi connectivity index (χ0v) is 14.6. The molecule has 0 aliphatic heterocycles. The van der Waals surface area contributed by atoms with E-state index in [0.29, 0.717) is 5.82 Å². The number of hydrogen-bond donors (Lipinski definition) is 1. The number of carbonyl (C=O) groups is 1. The van der Waals surface area contributed by atoms with Crippen LogP contribution in [0.3, 0.4) is 0 Å². The van der Waals surface area contributed by atoms with Crippen molar-refractivity contribution in [1.82, 2.24) is 25.7 Å². The number of amides is 1. The molecule has 1 aromatic heterocycles. The van der Waals surface area contributed by atoms with Crippen LogP contribution in [-0.4, -0.2) is 71.4 Å². The van der Waals surface area contributed by atoms with Crippen molar-refractivity contribution in [3.05, 3.63) is 36.2 Å². The first-order chi connectivity index (χ1) is 12.1. The van der Waals surface area contributed by atoms with E-state index in [-0.39, 0.29) is 29.9 Å². The van der Waals surface area contributed by atoms with E-state index in [2.05, 4.69) is 25.7 Å². The molecular formula is C15H20BF3N6O. The molecule has 11 heteroatoms. The van der Waals surface area contributed by atoms with Crippen LogP contribution < -0.4 is 5.32 Å². The number of aromatic nitrogens is 4. The monoisotopic (exact) mass is 368 g/mol. The summed E-state index contributed by atoms with van der Waals surface area (Å²) in [6, 6.07) is 7.04. The molecule has 26 heavy (non-hydrogen) atoms. The molecule has 0 bridgehead atoms. The van der Waals surface area contributed by atoms with Gasteiger partial charge in [-0.3, -0.25) is 4.79 Å². The first-order valence-electron chi connectivity index (χ1n) is 8.04. The Balaban J connectivity index is 1.81. The van der Waals surface area contributed by atoms with Crippen LogP contribution >= 0.6 is 0 Å². The standard InChI is InChI=1S/C15H20BF3N6O/c1-25(2,10-16(17,18)19)8-7-20-14(26)9-12-3-5-13(6-4-12)15-23-21-11-22-24-15/h3-6,11H,7-10H2,1-2H3,(H,20,26). The summed E-state index contributed by atoms with van der Waals surface area (Å²) < 4.78 is 37.4. The molecule has 140 valence electrons. The number of halogens is 3. The van der Waals surface area contributed by atoms with Crippen LogP contribution in [0, 0.1) is 0 Å². The van der Waals surface area contributed by atoms with Crippen molar-refractivity contribution in [2.45, 2.75) is 6.42 Å².